The standard InChI is InChI=1S/C12H11Cl3O2/c13-12(14,15)11(17)8-10(16)7-6-9-4-2-1-3-5-9/h1-7,11,17H,8H2/b7-6+. The highest BCUT2D eigenvalue weighted by molar-refractivity contribution is 6.68. The number of benzene rings is 1. The SMILES string of the molecule is O=C(/C=C/c1ccccc1)CC(O)C(Cl)(Cl)Cl. The molecular weight excluding hydrogens is 282 g/mol. The average Bonchev–Trinajstić information content (AvgIpc) is 2.26. The van der Waals surface area contributed by atoms with Gasteiger partial charge in [0, 0.05) is 6.42 Å². The van der Waals surface area contributed by atoms with Gasteiger partial charge in [-0.3, -0.25) is 4.79 Å². The van der Waals surface area contributed by atoms with Gasteiger partial charge < -0.3 is 5.11 Å². The molecule has 0 amide bonds. The van der Waals surface area contributed by atoms with E-state index in [1.807, 2.05) is 30.3 Å². The van der Waals surface area contributed by atoms with E-state index < -0.39 is 9.90 Å². The first kappa shape index (κ1) is 14.5. The van der Waals surface area contributed by atoms with Gasteiger partial charge in [0.1, 0.15) is 6.10 Å². The number of carbonyl (C=O) groups excluding carboxylic acids is 1. The lowest BCUT2D eigenvalue weighted by Crippen LogP contribution is -2.27. The Bertz CT molecular complexity index is 396. The molecule has 1 N–H and O–H groups in total. The van der Waals surface area contributed by atoms with E-state index in [-0.39, 0.29) is 12.2 Å². The van der Waals surface area contributed by atoms with Crippen molar-refractivity contribution < 1.29 is 9.90 Å². The Morgan fingerprint density at radius 1 is 1.29 bits per heavy atom. The van der Waals surface area contributed by atoms with Crippen LogP contribution < -0.4 is 0 Å². The second-order valence-electron chi connectivity index (χ2n) is 3.47. The van der Waals surface area contributed by atoms with Gasteiger partial charge in [0.15, 0.2) is 5.78 Å². The van der Waals surface area contributed by atoms with E-state index in [0.717, 1.165) is 5.56 Å². The Morgan fingerprint density at radius 3 is 2.41 bits per heavy atom. The highest BCUT2D eigenvalue weighted by Gasteiger charge is 2.31. The van der Waals surface area contributed by atoms with Crippen molar-refractivity contribution in [1.29, 1.82) is 0 Å². The van der Waals surface area contributed by atoms with Crippen molar-refractivity contribution in [2.45, 2.75) is 16.3 Å². The van der Waals surface area contributed by atoms with Gasteiger partial charge in [-0.05, 0) is 11.6 Å². The number of rotatable bonds is 4. The van der Waals surface area contributed by atoms with Gasteiger partial charge in [-0.1, -0.05) is 71.2 Å². The van der Waals surface area contributed by atoms with Crippen molar-refractivity contribution in [2.75, 3.05) is 0 Å². The topological polar surface area (TPSA) is 37.3 Å². The highest BCUT2D eigenvalue weighted by Crippen LogP contribution is 2.31. The van der Waals surface area contributed by atoms with Crippen LogP contribution in [0, 0.1) is 0 Å². The van der Waals surface area contributed by atoms with E-state index in [9.17, 15) is 9.90 Å². The fourth-order valence-corrected chi connectivity index (χ4v) is 1.36. The molecule has 0 aliphatic carbocycles. The summed E-state index contributed by atoms with van der Waals surface area (Å²) < 4.78 is -1.84. The number of ketones is 1. The Labute approximate surface area is 115 Å². The van der Waals surface area contributed by atoms with Gasteiger partial charge in [0.2, 0.25) is 3.79 Å². The second-order valence-corrected chi connectivity index (χ2v) is 5.84. The molecule has 0 bridgehead atoms. The lowest BCUT2D eigenvalue weighted by atomic mass is 10.1. The van der Waals surface area contributed by atoms with Crippen LogP contribution in [0.2, 0.25) is 0 Å². The normalized spacial score (nSPS) is 13.9. The third-order valence-corrected chi connectivity index (χ3v) is 2.79. The minimum Gasteiger partial charge on any atom is -0.388 e. The van der Waals surface area contributed by atoms with E-state index >= 15 is 0 Å². The molecule has 0 aromatic heterocycles. The molecule has 0 aliphatic heterocycles. The monoisotopic (exact) mass is 292 g/mol. The number of halogens is 3. The van der Waals surface area contributed by atoms with Crippen molar-refractivity contribution >= 4 is 46.7 Å². The summed E-state index contributed by atoms with van der Waals surface area (Å²) in [4.78, 5) is 11.5. The summed E-state index contributed by atoms with van der Waals surface area (Å²) in [7, 11) is 0. The Balaban J connectivity index is 2.54. The molecule has 92 valence electrons. The van der Waals surface area contributed by atoms with Crippen LogP contribution in [-0.2, 0) is 4.79 Å². The van der Waals surface area contributed by atoms with Crippen molar-refractivity contribution in [1.82, 2.24) is 0 Å². The van der Waals surface area contributed by atoms with E-state index in [1.54, 1.807) is 6.08 Å². The van der Waals surface area contributed by atoms with Crippen LogP contribution >= 0.6 is 34.8 Å². The summed E-state index contributed by atoms with van der Waals surface area (Å²) in [6.45, 7) is 0. The third-order valence-electron chi connectivity index (χ3n) is 2.03. The molecule has 5 heteroatoms. The summed E-state index contributed by atoms with van der Waals surface area (Å²) in [6.07, 6.45) is 1.47. The van der Waals surface area contributed by atoms with Gasteiger partial charge in [0.25, 0.3) is 0 Å². The maximum absolute atomic E-state index is 11.5. The maximum atomic E-state index is 11.5. The van der Waals surface area contributed by atoms with Gasteiger partial charge in [-0.15, -0.1) is 0 Å². The molecule has 0 fully saturated rings. The number of alkyl halides is 3. The van der Waals surface area contributed by atoms with Crippen LogP contribution in [0.25, 0.3) is 6.08 Å². The summed E-state index contributed by atoms with van der Waals surface area (Å²) >= 11 is 16.3. The molecule has 1 unspecified atom stereocenters. The summed E-state index contributed by atoms with van der Waals surface area (Å²) in [5, 5.41) is 9.40. The first-order valence-corrected chi connectivity index (χ1v) is 6.04. The number of aliphatic hydroxyl groups excluding tert-OH is 1. The molecule has 1 aromatic rings. The molecule has 0 radical (unpaired) electrons. The lowest BCUT2D eigenvalue weighted by Gasteiger charge is -2.16. The Kier molecular flexibility index (Phi) is 5.47. The zero-order chi connectivity index (χ0) is 12.9. The highest BCUT2D eigenvalue weighted by atomic mass is 35.6. The van der Waals surface area contributed by atoms with Crippen LogP contribution in [0.15, 0.2) is 36.4 Å². The summed E-state index contributed by atoms with van der Waals surface area (Å²) in [5.41, 5.74) is 0.893. The third kappa shape index (κ3) is 5.55. The smallest absolute Gasteiger partial charge is 0.216 e. The largest absolute Gasteiger partial charge is 0.388 e. The molecule has 0 heterocycles. The second kappa shape index (κ2) is 6.41. The minimum atomic E-state index is -1.84. The van der Waals surface area contributed by atoms with Crippen molar-refractivity contribution in [3.05, 3.63) is 42.0 Å². The van der Waals surface area contributed by atoms with E-state index in [2.05, 4.69) is 0 Å². The molecule has 0 saturated carbocycles. The van der Waals surface area contributed by atoms with Crippen LogP contribution in [-0.4, -0.2) is 20.8 Å². The van der Waals surface area contributed by atoms with E-state index in [1.165, 1.54) is 6.08 Å². The molecule has 0 aliphatic rings. The molecule has 17 heavy (non-hydrogen) atoms. The number of carbonyl (C=O) groups is 1. The molecule has 1 aromatic carbocycles. The summed E-state index contributed by atoms with van der Waals surface area (Å²) in [6, 6.07) is 9.32. The van der Waals surface area contributed by atoms with E-state index in [4.69, 9.17) is 34.8 Å². The number of hydrogen-bond donors (Lipinski definition) is 1. The van der Waals surface area contributed by atoms with E-state index in [0.29, 0.717) is 0 Å². The van der Waals surface area contributed by atoms with Crippen molar-refractivity contribution in [2.24, 2.45) is 0 Å². The first-order valence-electron chi connectivity index (χ1n) is 4.90. The number of allylic oxidation sites excluding steroid dienone is 1. The predicted octanol–water partition coefficient (Wildman–Crippen LogP) is 3.39. The predicted molar refractivity (Wildman–Crippen MR) is 71.4 cm³/mol. The Morgan fingerprint density at radius 2 is 1.88 bits per heavy atom. The molecule has 2 nitrogen and oxygen atoms in total. The van der Waals surface area contributed by atoms with Gasteiger partial charge in [-0.25, -0.2) is 0 Å². The van der Waals surface area contributed by atoms with Gasteiger partial charge in [0.05, 0.1) is 0 Å². The van der Waals surface area contributed by atoms with Crippen molar-refractivity contribution in [3.8, 4) is 0 Å². The van der Waals surface area contributed by atoms with Gasteiger partial charge in [-0.2, -0.15) is 0 Å². The van der Waals surface area contributed by atoms with Crippen LogP contribution in [0.4, 0.5) is 0 Å². The average molecular weight is 294 g/mol. The van der Waals surface area contributed by atoms with Crippen LogP contribution in [0.5, 0.6) is 0 Å². The molecule has 1 rings (SSSR count). The summed E-state index contributed by atoms with van der Waals surface area (Å²) in [5.74, 6) is -0.298. The zero-order valence-corrected chi connectivity index (χ0v) is 11.1. The van der Waals surface area contributed by atoms with Crippen LogP contribution in [0.3, 0.4) is 0 Å². The molecule has 0 saturated heterocycles. The maximum Gasteiger partial charge on any atom is 0.216 e. The lowest BCUT2D eigenvalue weighted by molar-refractivity contribution is -0.116. The molecule has 1 atom stereocenters. The Hall–Kier alpha value is -0.540. The molecular formula is C12H11Cl3O2. The van der Waals surface area contributed by atoms with Crippen LogP contribution in [0.1, 0.15) is 12.0 Å². The first-order chi connectivity index (χ1) is 7.89. The van der Waals surface area contributed by atoms with Crippen molar-refractivity contribution in [3.63, 3.8) is 0 Å². The zero-order valence-electron chi connectivity index (χ0n) is 8.82. The fourth-order valence-electron chi connectivity index (χ4n) is 1.13. The fraction of sp³-hybridized carbons (Fsp3) is 0.250. The quantitative estimate of drug-likeness (QED) is 0.682. The number of aliphatic hydroxyl groups is 1. The van der Waals surface area contributed by atoms with Gasteiger partial charge >= 0.3 is 0 Å². The minimum absolute atomic E-state index is 0.222. The molecule has 0 spiro atoms. The number of hydrogen-bond acceptors (Lipinski definition) is 2.